The fourth-order valence-electron chi connectivity index (χ4n) is 0.523. The molecule has 0 aromatic heterocycles. The molecule has 0 heterocycles. The minimum absolute atomic E-state index is 0.160. The molecule has 92 valence electrons. The number of carbonyl (C=O) groups excluding carboxylic acids is 2. The van der Waals surface area contributed by atoms with Gasteiger partial charge in [0, 0.05) is 12.2 Å². The first-order valence-corrected chi connectivity index (χ1v) is 5.74. The average Bonchev–Trinajstić information content (AvgIpc) is 2.20. The second kappa shape index (κ2) is 8.93. The van der Waals surface area contributed by atoms with Crippen LogP contribution in [0.2, 0.25) is 0 Å². The summed E-state index contributed by atoms with van der Waals surface area (Å²) >= 11 is 21.2. The largest absolute Gasteiger partial charge is 0.460 e. The van der Waals surface area contributed by atoms with Crippen molar-refractivity contribution in [1.29, 1.82) is 0 Å². The predicted octanol–water partition coefficient (Wildman–Crippen LogP) is 2.24. The third-order valence-corrected chi connectivity index (χ3v) is 1.56. The maximum Gasteiger partial charge on any atom is 0.331 e. The molecule has 0 aromatic rings. The van der Waals surface area contributed by atoms with Crippen LogP contribution in [0.3, 0.4) is 0 Å². The molecule has 4 nitrogen and oxygen atoms in total. The van der Waals surface area contributed by atoms with Crippen molar-refractivity contribution in [1.82, 2.24) is 0 Å². The van der Waals surface area contributed by atoms with Crippen LogP contribution in [-0.2, 0) is 19.1 Å². The number of carbonyl (C=O) groups is 2. The molecule has 0 unspecified atom stereocenters. The molecule has 0 atom stereocenters. The van der Waals surface area contributed by atoms with Gasteiger partial charge in [-0.1, -0.05) is 0 Å². The third kappa shape index (κ3) is 10.4. The molecule has 16 heavy (non-hydrogen) atoms. The van der Waals surface area contributed by atoms with Crippen molar-refractivity contribution in [3.8, 4) is 0 Å². The summed E-state index contributed by atoms with van der Waals surface area (Å²) in [5.41, 5.74) is 0. The van der Waals surface area contributed by atoms with Gasteiger partial charge in [0.1, 0.15) is 22.9 Å². The Hall–Kier alpha value is -0.160. The van der Waals surface area contributed by atoms with Crippen molar-refractivity contribution in [2.24, 2.45) is 0 Å². The molecular formula is C8H8Cl4O4. The molecule has 0 spiro atoms. The van der Waals surface area contributed by atoms with Gasteiger partial charge in [0.25, 0.3) is 0 Å². The van der Waals surface area contributed by atoms with Crippen LogP contribution in [0.15, 0.2) is 12.2 Å². The van der Waals surface area contributed by atoms with E-state index in [0.717, 1.165) is 12.2 Å². The maximum atomic E-state index is 10.9. The van der Waals surface area contributed by atoms with E-state index in [1.54, 1.807) is 0 Å². The molecule has 0 rings (SSSR count). The van der Waals surface area contributed by atoms with Gasteiger partial charge in [0.05, 0.1) is 0 Å². The van der Waals surface area contributed by atoms with E-state index in [-0.39, 0.29) is 13.2 Å². The van der Waals surface area contributed by atoms with Crippen molar-refractivity contribution >= 4 is 58.3 Å². The van der Waals surface area contributed by atoms with E-state index in [0.29, 0.717) is 0 Å². The van der Waals surface area contributed by atoms with Crippen LogP contribution in [0, 0.1) is 0 Å². The molecule has 0 N–H and O–H groups in total. The van der Waals surface area contributed by atoms with E-state index in [2.05, 4.69) is 9.47 Å². The normalized spacial score (nSPS) is 11.1. The summed E-state index contributed by atoms with van der Waals surface area (Å²) in [5, 5.41) is 0. The van der Waals surface area contributed by atoms with Crippen LogP contribution in [0.25, 0.3) is 0 Å². The molecular weight excluding hydrogens is 302 g/mol. The molecule has 0 radical (unpaired) electrons. The lowest BCUT2D eigenvalue weighted by Gasteiger charge is -2.02. The maximum absolute atomic E-state index is 10.9. The molecule has 0 aliphatic rings. The van der Waals surface area contributed by atoms with Crippen LogP contribution in [0.1, 0.15) is 0 Å². The van der Waals surface area contributed by atoms with Gasteiger partial charge < -0.3 is 9.47 Å². The molecule has 0 aliphatic carbocycles. The van der Waals surface area contributed by atoms with Gasteiger partial charge in [-0.15, -0.1) is 46.4 Å². The molecule has 0 bridgehead atoms. The summed E-state index contributed by atoms with van der Waals surface area (Å²) in [6, 6.07) is 0. The lowest BCUT2D eigenvalue weighted by molar-refractivity contribution is -0.140. The molecule has 0 aromatic carbocycles. The minimum atomic E-state index is -0.808. The number of hydrogen-bond acceptors (Lipinski definition) is 4. The highest BCUT2D eigenvalue weighted by Crippen LogP contribution is 2.02. The van der Waals surface area contributed by atoms with Crippen LogP contribution in [-0.4, -0.2) is 34.8 Å². The fraction of sp³-hybridized carbons (Fsp3) is 0.500. The molecule has 8 heteroatoms. The molecule has 0 saturated carbocycles. The van der Waals surface area contributed by atoms with Crippen molar-refractivity contribution in [3.63, 3.8) is 0 Å². The highest BCUT2D eigenvalue weighted by molar-refractivity contribution is 6.44. The topological polar surface area (TPSA) is 52.6 Å². The van der Waals surface area contributed by atoms with Crippen molar-refractivity contribution in [3.05, 3.63) is 12.2 Å². The Morgan fingerprint density at radius 2 is 1.19 bits per heavy atom. The summed E-state index contributed by atoms with van der Waals surface area (Å²) in [5.74, 6) is -1.51. The molecule has 0 saturated heterocycles. The van der Waals surface area contributed by atoms with Crippen LogP contribution < -0.4 is 0 Å². The Morgan fingerprint density at radius 1 is 0.875 bits per heavy atom. The second-order valence-corrected chi connectivity index (χ2v) is 4.93. The van der Waals surface area contributed by atoms with Gasteiger partial charge in [-0.3, -0.25) is 0 Å². The van der Waals surface area contributed by atoms with E-state index < -0.39 is 21.6 Å². The van der Waals surface area contributed by atoms with Gasteiger partial charge in [0.15, 0.2) is 0 Å². The first kappa shape index (κ1) is 15.8. The highest BCUT2D eigenvalue weighted by atomic mass is 35.5. The first-order chi connectivity index (χ1) is 7.41. The summed E-state index contributed by atoms with van der Waals surface area (Å²) in [4.78, 5) is 20.2. The first-order valence-electron chi connectivity index (χ1n) is 3.99. The number of hydrogen-bond donors (Lipinski definition) is 0. The third-order valence-electron chi connectivity index (χ3n) is 1.06. The zero-order chi connectivity index (χ0) is 12.6. The average molecular weight is 310 g/mol. The van der Waals surface area contributed by atoms with E-state index in [1.165, 1.54) is 0 Å². The highest BCUT2D eigenvalue weighted by Gasteiger charge is 2.05. The zero-order valence-electron chi connectivity index (χ0n) is 7.87. The van der Waals surface area contributed by atoms with E-state index in [4.69, 9.17) is 46.4 Å². The summed E-state index contributed by atoms with van der Waals surface area (Å²) in [6.45, 7) is -0.320. The van der Waals surface area contributed by atoms with Gasteiger partial charge in [-0.25, -0.2) is 9.59 Å². The van der Waals surface area contributed by atoms with Gasteiger partial charge in [0.2, 0.25) is 0 Å². The summed E-state index contributed by atoms with van der Waals surface area (Å²) < 4.78 is 9.06. The number of rotatable bonds is 6. The number of ether oxygens (including phenoxy) is 2. The molecule has 0 amide bonds. The Morgan fingerprint density at radius 3 is 1.44 bits per heavy atom. The van der Waals surface area contributed by atoms with Crippen LogP contribution >= 0.6 is 46.4 Å². The summed E-state index contributed by atoms with van der Waals surface area (Å²) in [7, 11) is 0. The zero-order valence-corrected chi connectivity index (χ0v) is 10.9. The predicted molar refractivity (Wildman–Crippen MR) is 62.0 cm³/mol. The Labute approximate surface area is 112 Å². The van der Waals surface area contributed by atoms with Crippen LogP contribution in [0.4, 0.5) is 0 Å². The summed E-state index contributed by atoms with van der Waals surface area (Å²) in [6.07, 6.45) is 1.77. The van der Waals surface area contributed by atoms with E-state index >= 15 is 0 Å². The smallest absolute Gasteiger partial charge is 0.331 e. The van der Waals surface area contributed by atoms with Crippen molar-refractivity contribution in [2.75, 3.05) is 13.2 Å². The van der Waals surface area contributed by atoms with Crippen LogP contribution in [0.5, 0.6) is 0 Å². The van der Waals surface area contributed by atoms with E-state index in [1.807, 2.05) is 0 Å². The Kier molecular flexibility index (Phi) is 8.84. The minimum Gasteiger partial charge on any atom is -0.460 e. The number of halogens is 4. The lowest BCUT2D eigenvalue weighted by atomic mass is 10.5. The van der Waals surface area contributed by atoms with Gasteiger partial charge >= 0.3 is 11.9 Å². The fourth-order valence-corrected chi connectivity index (χ4v) is 0.775. The molecule has 0 aliphatic heterocycles. The Balaban J connectivity index is 3.80. The van der Waals surface area contributed by atoms with Crippen molar-refractivity contribution in [2.45, 2.75) is 9.67 Å². The monoisotopic (exact) mass is 308 g/mol. The van der Waals surface area contributed by atoms with E-state index in [9.17, 15) is 9.59 Å². The quantitative estimate of drug-likeness (QED) is 0.429. The standard InChI is InChI=1S/C8H8Cl4O4/c9-5(10)3-15-7(13)1-2-8(14)16-4-6(11)12/h1-2,5-6H,3-4H2/b2-1+. The Bertz CT molecular complexity index is 239. The lowest BCUT2D eigenvalue weighted by Crippen LogP contribution is -2.10. The van der Waals surface area contributed by atoms with Gasteiger partial charge in [-0.05, 0) is 0 Å². The number of alkyl halides is 4. The second-order valence-electron chi connectivity index (χ2n) is 2.38. The SMILES string of the molecule is O=C(/C=C/C(=O)OCC(Cl)Cl)OCC(Cl)Cl. The van der Waals surface area contributed by atoms with Crippen molar-refractivity contribution < 1.29 is 19.1 Å². The molecule has 0 fully saturated rings. The number of esters is 2. The van der Waals surface area contributed by atoms with Gasteiger partial charge in [-0.2, -0.15) is 0 Å².